The standard InChI is InChI=1S/C31H26BFN5O3S/c1-19(38-30(40)27(33)14-26-25-13-23(34-2)6-7-28(25)42-31(26)38)21-4-3-5-22(12-21)29-35-15-24(16-36-29)41-17-20-8-10-37(11-9-20)32-18-39/h3-7,12-16,18-20H,8-11,17H2,1H3/t19-/m1/s1. The van der Waals surface area contributed by atoms with E-state index < -0.39 is 17.4 Å². The van der Waals surface area contributed by atoms with E-state index in [9.17, 15) is 14.0 Å². The molecule has 1 saturated heterocycles. The summed E-state index contributed by atoms with van der Waals surface area (Å²) in [6.07, 6.45) is 6.05. The third-order valence-electron chi connectivity index (χ3n) is 7.78. The number of piperidine rings is 1. The molecule has 0 unspecified atom stereocenters. The van der Waals surface area contributed by atoms with E-state index in [0.29, 0.717) is 40.0 Å². The lowest BCUT2D eigenvalue weighted by atomic mass is 9.87. The number of carbonyl (C=O) groups excluding carboxylic acids is 1. The zero-order valence-corrected chi connectivity index (χ0v) is 23.7. The van der Waals surface area contributed by atoms with Gasteiger partial charge in [0, 0.05) is 15.6 Å². The molecule has 0 spiro atoms. The first-order chi connectivity index (χ1) is 20.4. The van der Waals surface area contributed by atoms with Gasteiger partial charge in [-0.05, 0) is 67.9 Å². The maximum atomic E-state index is 14.9. The largest absolute Gasteiger partial charge is 0.490 e. The molecule has 3 aromatic heterocycles. The van der Waals surface area contributed by atoms with Crippen molar-refractivity contribution < 1.29 is 13.9 Å². The Labute approximate surface area is 246 Å². The number of nitrogens with zero attached hydrogens (tertiary/aromatic N) is 5. The Balaban J connectivity index is 1.23. The van der Waals surface area contributed by atoms with E-state index in [1.54, 1.807) is 31.9 Å². The SMILES string of the molecule is [C-]#[N+]c1ccc2sc3c(cc(F)c(=O)n3[C@H](C)c3cccc(-c4ncc(OCC5CCN([B]C=O)CC5)cn4)c3)c2c1. The van der Waals surface area contributed by atoms with Crippen LogP contribution in [-0.4, -0.2) is 52.6 Å². The number of benzene rings is 2. The van der Waals surface area contributed by atoms with Gasteiger partial charge >= 0.3 is 0 Å². The van der Waals surface area contributed by atoms with Crippen molar-refractivity contribution in [2.24, 2.45) is 5.92 Å². The number of hydrogen-bond donors (Lipinski definition) is 0. The summed E-state index contributed by atoms with van der Waals surface area (Å²) in [6.45, 7) is 11.5. The quantitative estimate of drug-likeness (QED) is 0.130. The van der Waals surface area contributed by atoms with Crippen LogP contribution in [0.1, 0.15) is 31.4 Å². The number of ether oxygens (including phenoxy) is 1. The zero-order valence-electron chi connectivity index (χ0n) is 22.9. The molecule has 8 nitrogen and oxygen atoms in total. The Bertz CT molecular complexity index is 1880. The Hall–Kier alpha value is -4.40. The summed E-state index contributed by atoms with van der Waals surface area (Å²) in [5, 5.41) is 1.37. The van der Waals surface area contributed by atoms with Gasteiger partial charge in [0.2, 0.25) is 0 Å². The fourth-order valence-corrected chi connectivity index (χ4v) is 6.66. The summed E-state index contributed by atoms with van der Waals surface area (Å²) < 4.78 is 23.3. The lowest BCUT2D eigenvalue weighted by Gasteiger charge is -2.30. The van der Waals surface area contributed by atoms with Crippen molar-refractivity contribution in [3.05, 3.63) is 94.1 Å². The number of carbonyl (C=O) groups is 1. The molecule has 0 amide bonds. The Morgan fingerprint density at radius 3 is 2.69 bits per heavy atom. The van der Waals surface area contributed by atoms with Crippen LogP contribution in [-0.2, 0) is 4.79 Å². The molecule has 1 aliphatic heterocycles. The van der Waals surface area contributed by atoms with Crippen LogP contribution in [0.5, 0.6) is 5.75 Å². The monoisotopic (exact) mass is 578 g/mol. The van der Waals surface area contributed by atoms with E-state index >= 15 is 0 Å². The van der Waals surface area contributed by atoms with Crippen molar-refractivity contribution in [2.75, 3.05) is 19.7 Å². The molecule has 0 N–H and O–H groups in total. The molecule has 2 aromatic carbocycles. The smallest absolute Gasteiger partial charge is 0.293 e. The highest BCUT2D eigenvalue weighted by atomic mass is 32.1. The predicted molar refractivity (Wildman–Crippen MR) is 163 cm³/mol. The van der Waals surface area contributed by atoms with Crippen molar-refractivity contribution in [1.29, 1.82) is 0 Å². The third kappa shape index (κ3) is 5.43. The molecule has 209 valence electrons. The first-order valence-corrected chi connectivity index (χ1v) is 14.5. The van der Waals surface area contributed by atoms with Crippen molar-refractivity contribution in [1.82, 2.24) is 19.3 Å². The second-order valence-corrected chi connectivity index (χ2v) is 11.4. The van der Waals surface area contributed by atoms with Crippen LogP contribution < -0.4 is 10.3 Å². The summed E-state index contributed by atoms with van der Waals surface area (Å²) in [6, 6.07) is 13.7. The molecule has 11 heteroatoms. The van der Waals surface area contributed by atoms with Gasteiger partial charge in [-0.15, -0.1) is 11.3 Å². The molecule has 1 atom stereocenters. The Morgan fingerprint density at radius 1 is 1.17 bits per heavy atom. The maximum absolute atomic E-state index is 14.9. The molecule has 1 fully saturated rings. The van der Waals surface area contributed by atoms with Crippen LogP contribution in [0.2, 0.25) is 0 Å². The van der Waals surface area contributed by atoms with Gasteiger partial charge in [-0.1, -0.05) is 30.3 Å². The topological polar surface area (TPSA) is 81.7 Å². The molecule has 4 heterocycles. The fourth-order valence-electron chi connectivity index (χ4n) is 5.42. The second kappa shape index (κ2) is 11.8. The van der Waals surface area contributed by atoms with Gasteiger partial charge < -0.3 is 14.3 Å². The molecule has 5 aromatic rings. The molecular weight excluding hydrogens is 552 g/mol. The zero-order chi connectivity index (χ0) is 29.2. The number of aromatic nitrogens is 3. The lowest BCUT2D eigenvalue weighted by molar-refractivity contribution is 0.185. The van der Waals surface area contributed by atoms with Crippen LogP contribution in [0.4, 0.5) is 10.1 Å². The Kier molecular flexibility index (Phi) is 7.83. The normalized spacial score (nSPS) is 15.0. The summed E-state index contributed by atoms with van der Waals surface area (Å²) in [5.41, 5.74) is 1.35. The van der Waals surface area contributed by atoms with Gasteiger partial charge in [-0.3, -0.25) is 9.36 Å². The lowest BCUT2D eigenvalue weighted by Crippen LogP contribution is -2.38. The van der Waals surface area contributed by atoms with Crippen molar-refractivity contribution >= 4 is 50.9 Å². The van der Waals surface area contributed by atoms with E-state index in [1.807, 2.05) is 42.1 Å². The first-order valence-electron chi connectivity index (χ1n) is 13.7. The van der Waals surface area contributed by atoms with E-state index in [4.69, 9.17) is 11.3 Å². The van der Waals surface area contributed by atoms with Gasteiger partial charge in [0.1, 0.15) is 4.83 Å². The van der Waals surface area contributed by atoms with Gasteiger partial charge in [-0.2, -0.15) is 0 Å². The van der Waals surface area contributed by atoms with Crippen LogP contribution in [0.15, 0.2) is 65.7 Å². The molecule has 1 radical (unpaired) electrons. The van der Waals surface area contributed by atoms with Gasteiger partial charge in [0.05, 0.1) is 37.8 Å². The summed E-state index contributed by atoms with van der Waals surface area (Å²) in [7, 11) is 1.59. The van der Waals surface area contributed by atoms with Crippen LogP contribution in [0.3, 0.4) is 0 Å². The molecule has 1 aliphatic rings. The number of thiophene rings is 1. The molecule has 0 aliphatic carbocycles. The minimum atomic E-state index is -0.831. The molecule has 6 rings (SSSR count). The van der Waals surface area contributed by atoms with Crippen LogP contribution >= 0.6 is 11.3 Å². The highest BCUT2D eigenvalue weighted by Crippen LogP contribution is 2.37. The van der Waals surface area contributed by atoms with Gasteiger partial charge in [0.15, 0.2) is 23.1 Å². The van der Waals surface area contributed by atoms with Crippen molar-refractivity contribution in [3.8, 4) is 17.1 Å². The highest BCUT2D eigenvalue weighted by molar-refractivity contribution is 7.25. The number of rotatable bonds is 8. The van der Waals surface area contributed by atoms with Gasteiger partial charge in [-0.25, -0.2) is 19.2 Å². The van der Waals surface area contributed by atoms with E-state index in [-0.39, 0.29) is 0 Å². The average molecular weight is 578 g/mol. The number of fused-ring (bicyclic) bond motifs is 3. The summed E-state index contributed by atoms with van der Waals surface area (Å²) >= 11 is 1.41. The number of hydrogen-bond acceptors (Lipinski definition) is 7. The minimum Gasteiger partial charge on any atom is -0.490 e. The summed E-state index contributed by atoms with van der Waals surface area (Å²) in [5.74, 6) is 0.680. The first kappa shape index (κ1) is 27.8. The van der Waals surface area contributed by atoms with E-state index in [1.165, 1.54) is 22.0 Å². The third-order valence-corrected chi connectivity index (χ3v) is 8.97. The van der Waals surface area contributed by atoms with Gasteiger partial charge in [0.25, 0.3) is 13.0 Å². The van der Waals surface area contributed by atoms with Crippen LogP contribution in [0.25, 0.3) is 36.5 Å². The molecule has 42 heavy (non-hydrogen) atoms. The maximum Gasteiger partial charge on any atom is 0.293 e. The minimum absolute atomic E-state index is 0.410. The predicted octanol–water partition coefficient (Wildman–Crippen LogP) is 5.87. The molecule has 0 bridgehead atoms. The van der Waals surface area contributed by atoms with Crippen LogP contribution in [0, 0.1) is 18.3 Å². The highest BCUT2D eigenvalue weighted by Gasteiger charge is 2.21. The van der Waals surface area contributed by atoms with Crippen molar-refractivity contribution in [2.45, 2.75) is 25.8 Å². The molecule has 0 saturated carbocycles. The number of halogens is 1. The van der Waals surface area contributed by atoms with Crippen molar-refractivity contribution in [3.63, 3.8) is 0 Å². The molecular formula is C31H26BFN5O3S. The summed E-state index contributed by atoms with van der Waals surface area (Å²) in [4.78, 5) is 39.0. The van der Waals surface area contributed by atoms with E-state index in [2.05, 4.69) is 14.8 Å². The second-order valence-electron chi connectivity index (χ2n) is 10.4. The number of pyridine rings is 1. The average Bonchev–Trinajstić information content (AvgIpc) is 3.38. The fraction of sp³-hybridized carbons (Fsp3) is 0.258. The Morgan fingerprint density at radius 2 is 1.95 bits per heavy atom. The van der Waals surface area contributed by atoms with E-state index in [0.717, 1.165) is 53.3 Å².